The fourth-order valence-corrected chi connectivity index (χ4v) is 3.73. The second-order valence-electron chi connectivity index (χ2n) is 7.22. The van der Waals surface area contributed by atoms with Gasteiger partial charge >= 0.3 is 0 Å². The van der Waals surface area contributed by atoms with Crippen LogP contribution in [0, 0.1) is 0 Å². The summed E-state index contributed by atoms with van der Waals surface area (Å²) in [7, 11) is 3.25. The largest absolute Gasteiger partial charge is 0.497 e. The van der Waals surface area contributed by atoms with Crippen LogP contribution >= 0.6 is 0 Å². The number of carbonyl (C=O) groups excluding carboxylic acids is 1. The summed E-state index contributed by atoms with van der Waals surface area (Å²) >= 11 is 0. The standard InChI is InChI=1S/C24H31NO5/c1-5-29-22-13-18-9-10-25(16-19(18)14-23(22)30-6-2)24(26)8-7-17-11-20(27-3)15-21(12-17)28-4/h11-15H,5-10,16H2,1-4H3. The van der Waals surface area contributed by atoms with Crippen molar-refractivity contribution in [2.75, 3.05) is 34.0 Å². The van der Waals surface area contributed by atoms with Crippen LogP contribution in [0.2, 0.25) is 0 Å². The van der Waals surface area contributed by atoms with E-state index in [4.69, 9.17) is 18.9 Å². The number of fused-ring (bicyclic) bond motifs is 1. The number of hydrogen-bond donors (Lipinski definition) is 0. The van der Waals surface area contributed by atoms with E-state index < -0.39 is 0 Å². The monoisotopic (exact) mass is 413 g/mol. The van der Waals surface area contributed by atoms with Gasteiger partial charge < -0.3 is 23.8 Å². The Balaban J connectivity index is 1.67. The number of aryl methyl sites for hydroxylation is 1. The zero-order valence-electron chi connectivity index (χ0n) is 18.3. The van der Waals surface area contributed by atoms with Crippen molar-refractivity contribution < 1.29 is 23.7 Å². The number of hydrogen-bond acceptors (Lipinski definition) is 5. The van der Waals surface area contributed by atoms with Crippen LogP contribution in [0.1, 0.15) is 37.0 Å². The molecule has 1 aliphatic rings. The Morgan fingerprint density at radius 2 is 1.50 bits per heavy atom. The average Bonchev–Trinajstić information content (AvgIpc) is 2.77. The van der Waals surface area contributed by atoms with Crippen molar-refractivity contribution in [2.24, 2.45) is 0 Å². The maximum absolute atomic E-state index is 12.9. The molecular formula is C24H31NO5. The smallest absolute Gasteiger partial charge is 0.223 e. The average molecular weight is 414 g/mol. The van der Waals surface area contributed by atoms with Gasteiger partial charge in [-0.25, -0.2) is 0 Å². The quantitative estimate of drug-likeness (QED) is 0.622. The summed E-state index contributed by atoms with van der Waals surface area (Å²) in [6.45, 7) is 6.41. The number of methoxy groups -OCH3 is 2. The Labute approximate surface area is 178 Å². The van der Waals surface area contributed by atoms with Crippen LogP contribution in [-0.2, 0) is 24.2 Å². The molecular weight excluding hydrogens is 382 g/mol. The first kappa shape index (κ1) is 21.8. The number of carbonyl (C=O) groups is 1. The molecule has 2 aromatic rings. The van der Waals surface area contributed by atoms with Crippen LogP contribution in [0.5, 0.6) is 23.0 Å². The predicted molar refractivity (Wildman–Crippen MR) is 116 cm³/mol. The van der Waals surface area contributed by atoms with E-state index in [0.717, 1.165) is 40.5 Å². The van der Waals surface area contributed by atoms with Gasteiger partial charge in [0.2, 0.25) is 5.91 Å². The van der Waals surface area contributed by atoms with E-state index in [0.29, 0.717) is 39.1 Å². The molecule has 0 aliphatic carbocycles. The van der Waals surface area contributed by atoms with Gasteiger partial charge in [0.1, 0.15) is 11.5 Å². The number of benzene rings is 2. The molecule has 0 saturated carbocycles. The molecule has 6 heteroatoms. The molecule has 0 saturated heterocycles. The third kappa shape index (κ3) is 5.17. The lowest BCUT2D eigenvalue weighted by Gasteiger charge is -2.30. The van der Waals surface area contributed by atoms with Crippen molar-refractivity contribution >= 4 is 5.91 Å². The second kappa shape index (κ2) is 10.2. The first-order chi connectivity index (χ1) is 14.6. The molecule has 6 nitrogen and oxygen atoms in total. The lowest BCUT2D eigenvalue weighted by molar-refractivity contribution is -0.132. The van der Waals surface area contributed by atoms with Gasteiger partial charge in [0, 0.05) is 25.6 Å². The second-order valence-corrected chi connectivity index (χ2v) is 7.22. The Kier molecular flexibility index (Phi) is 7.44. The summed E-state index contributed by atoms with van der Waals surface area (Å²) < 4.78 is 22.1. The number of rotatable bonds is 9. The van der Waals surface area contributed by atoms with E-state index in [1.165, 1.54) is 5.56 Å². The third-order valence-electron chi connectivity index (χ3n) is 5.27. The lowest BCUT2D eigenvalue weighted by Crippen LogP contribution is -2.36. The SMILES string of the molecule is CCOc1cc2c(cc1OCC)CN(C(=O)CCc1cc(OC)cc(OC)c1)CC2. The van der Waals surface area contributed by atoms with Gasteiger partial charge in [-0.1, -0.05) is 0 Å². The minimum absolute atomic E-state index is 0.147. The molecule has 1 heterocycles. The van der Waals surface area contributed by atoms with Crippen LogP contribution < -0.4 is 18.9 Å². The Hall–Kier alpha value is -2.89. The molecule has 1 amide bonds. The van der Waals surface area contributed by atoms with Gasteiger partial charge in [0.05, 0.1) is 27.4 Å². The summed E-state index contributed by atoms with van der Waals surface area (Å²) in [5.41, 5.74) is 3.38. The molecule has 162 valence electrons. The normalized spacial score (nSPS) is 12.9. The van der Waals surface area contributed by atoms with Crippen molar-refractivity contribution in [3.8, 4) is 23.0 Å². The minimum Gasteiger partial charge on any atom is -0.497 e. The number of nitrogens with zero attached hydrogens (tertiary/aromatic N) is 1. The summed E-state index contributed by atoms with van der Waals surface area (Å²) in [5.74, 6) is 3.14. The van der Waals surface area contributed by atoms with E-state index in [-0.39, 0.29) is 5.91 Å². The Morgan fingerprint density at radius 3 is 2.07 bits per heavy atom. The molecule has 0 atom stereocenters. The first-order valence-electron chi connectivity index (χ1n) is 10.5. The van der Waals surface area contributed by atoms with Gasteiger partial charge in [0.15, 0.2) is 11.5 Å². The zero-order valence-corrected chi connectivity index (χ0v) is 18.3. The highest BCUT2D eigenvalue weighted by Gasteiger charge is 2.23. The Bertz CT molecular complexity index is 858. The number of amides is 1. The van der Waals surface area contributed by atoms with Crippen molar-refractivity contribution in [3.05, 3.63) is 47.0 Å². The molecule has 0 aromatic heterocycles. The fourth-order valence-electron chi connectivity index (χ4n) is 3.73. The first-order valence-corrected chi connectivity index (χ1v) is 10.5. The molecule has 0 spiro atoms. The van der Waals surface area contributed by atoms with E-state index in [1.807, 2.05) is 43.0 Å². The van der Waals surface area contributed by atoms with Crippen molar-refractivity contribution in [1.82, 2.24) is 4.90 Å². The summed E-state index contributed by atoms with van der Waals surface area (Å²) in [4.78, 5) is 14.8. The molecule has 0 bridgehead atoms. The number of ether oxygens (including phenoxy) is 4. The van der Waals surface area contributed by atoms with Gasteiger partial charge in [-0.15, -0.1) is 0 Å². The minimum atomic E-state index is 0.147. The highest BCUT2D eigenvalue weighted by Crippen LogP contribution is 2.34. The molecule has 3 rings (SSSR count). The van der Waals surface area contributed by atoms with Gasteiger partial charge in [-0.05, 0) is 67.6 Å². The highest BCUT2D eigenvalue weighted by molar-refractivity contribution is 5.77. The van der Waals surface area contributed by atoms with Crippen LogP contribution in [-0.4, -0.2) is 44.8 Å². The molecule has 30 heavy (non-hydrogen) atoms. The van der Waals surface area contributed by atoms with E-state index >= 15 is 0 Å². The van der Waals surface area contributed by atoms with Gasteiger partial charge in [-0.2, -0.15) is 0 Å². The van der Waals surface area contributed by atoms with Gasteiger partial charge in [0.25, 0.3) is 0 Å². The lowest BCUT2D eigenvalue weighted by atomic mass is 9.98. The van der Waals surface area contributed by atoms with Crippen molar-refractivity contribution in [1.29, 1.82) is 0 Å². The van der Waals surface area contributed by atoms with E-state index in [2.05, 4.69) is 6.07 Å². The van der Waals surface area contributed by atoms with Crippen LogP contribution in [0.3, 0.4) is 0 Å². The molecule has 0 N–H and O–H groups in total. The summed E-state index contributed by atoms with van der Waals surface area (Å²) in [5, 5.41) is 0. The van der Waals surface area contributed by atoms with Gasteiger partial charge in [-0.3, -0.25) is 4.79 Å². The molecule has 0 radical (unpaired) electrons. The highest BCUT2D eigenvalue weighted by atomic mass is 16.5. The third-order valence-corrected chi connectivity index (χ3v) is 5.27. The molecule has 0 fully saturated rings. The maximum Gasteiger partial charge on any atom is 0.223 e. The van der Waals surface area contributed by atoms with Crippen molar-refractivity contribution in [3.63, 3.8) is 0 Å². The maximum atomic E-state index is 12.9. The fraction of sp³-hybridized carbons (Fsp3) is 0.458. The summed E-state index contributed by atoms with van der Waals surface area (Å²) in [6, 6.07) is 9.82. The van der Waals surface area contributed by atoms with Crippen LogP contribution in [0.15, 0.2) is 30.3 Å². The van der Waals surface area contributed by atoms with Crippen LogP contribution in [0.4, 0.5) is 0 Å². The Morgan fingerprint density at radius 1 is 0.900 bits per heavy atom. The van der Waals surface area contributed by atoms with E-state index in [9.17, 15) is 4.79 Å². The molecule has 0 unspecified atom stereocenters. The van der Waals surface area contributed by atoms with Crippen LogP contribution in [0.25, 0.3) is 0 Å². The van der Waals surface area contributed by atoms with Crippen molar-refractivity contribution in [2.45, 2.75) is 39.7 Å². The van der Waals surface area contributed by atoms with E-state index in [1.54, 1.807) is 14.2 Å². The predicted octanol–water partition coefficient (Wildman–Crippen LogP) is 4.02. The molecule has 2 aromatic carbocycles. The zero-order chi connectivity index (χ0) is 21.5. The topological polar surface area (TPSA) is 57.2 Å². The molecule has 1 aliphatic heterocycles. The summed E-state index contributed by atoms with van der Waals surface area (Å²) in [6.07, 6.45) is 1.91.